The molecule has 1 aromatic heterocycles. The third-order valence-electron chi connectivity index (χ3n) is 2.05. The number of rotatable bonds is 3. The number of halogens is 1. The van der Waals surface area contributed by atoms with Crippen LogP contribution in [0.5, 0.6) is 0 Å². The van der Waals surface area contributed by atoms with Crippen LogP contribution in [0.25, 0.3) is 6.08 Å². The van der Waals surface area contributed by atoms with Gasteiger partial charge in [0, 0.05) is 10.4 Å². The van der Waals surface area contributed by atoms with E-state index in [0.29, 0.717) is 0 Å². The van der Waals surface area contributed by atoms with Crippen molar-refractivity contribution in [1.29, 1.82) is 0 Å². The Hall–Kier alpha value is -1.19. The molecule has 0 spiro atoms. The number of benzene rings is 1. The molecule has 0 saturated heterocycles. The largest absolute Gasteiger partial charge is 0.289 e. The van der Waals surface area contributed by atoms with Crippen molar-refractivity contribution in [2.24, 2.45) is 0 Å². The normalized spacial score (nSPS) is 10.8. The molecule has 80 valence electrons. The molecule has 0 radical (unpaired) electrons. The number of ketones is 1. The Morgan fingerprint density at radius 2 is 1.88 bits per heavy atom. The van der Waals surface area contributed by atoms with E-state index in [1.54, 1.807) is 17.4 Å². The highest BCUT2D eigenvalue weighted by Crippen LogP contribution is 2.23. The van der Waals surface area contributed by atoms with E-state index in [2.05, 4.69) is 15.9 Å². The summed E-state index contributed by atoms with van der Waals surface area (Å²) in [4.78, 5) is 12.8. The quantitative estimate of drug-likeness (QED) is 0.605. The minimum absolute atomic E-state index is 0.0325. The second kappa shape index (κ2) is 5.23. The first-order valence-electron chi connectivity index (χ1n) is 4.78. The lowest BCUT2D eigenvalue weighted by Gasteiger charge is -1.92. The number of carbonyl (C=O) groups is 1. The minimum Gasteiger partial charge on any atom is -0.289 e. The van der Waals surface area contributed by atoms with E-state index >= 15 is 0 Å². The van der Waals surface area contributed by atoms with Crippen molar-refractivity contribution < 1.29 is 4.79 Å². The van der Waals surface area contributed by atoms with Crippen molar-refractivity contribution in [2.45, 2.75) is 0 Å². The van der Waals surface area contributed by atoms with Gasteiger partial charge in [0.1, 0.15) is 0 Å². The van der Waals surface area contributed by atoms with Crippen molar-refractivity contribution in [1.82, 2.24) is 0 Å². The topological polar surface area (TPSA) is 17.1 Å². The Morgan fingerprint density at radius 1 is 1.12 bits per heavy atom. The highest BCUT2D eigenvalue weighted by atomic mass is 79.9. The van der Waals surface area contributed by atoms with Gasteiger partial charge in [-0.15, -0.1) is 11.3 Å². The predicted octanol–water partition coefficient (Wildman–Crippen LogP) is 4.41. The molecule has 2 rings (SSSR count). The Bertz CT molecular complexity index is 514. The van der Waals surface area contributed by atoms with Crippen LogP contribution < -0.4 is 0 Å². The van der Waals surface area contributed by atoms with E-state index in [1.165, 1.54) is 0 Å². The van der Waals surface area contributed by atoms with Crippen molar-refractivity contribution in [3.63, 3.8) is 0 Å². The van der Waals surface area contributed by atoms with Crippen LogP contribution in [0.1, 0.15) is 15.2 Å². The first-order chi connectivity index (χ1) is 7.75. The average Bonchev–Trinajstić information content (AvgIpc) is 2.73. The summed E-state index contributed by atoms with van der Waals surface area (Å²) < 4.78 is 1.07. The molecule has 16 heavy (non-hydrogen) atoms. The summed E-state index contributed by atoms with van der Waals surface area (Å²) in [5.74, 6) is 0.0325. The smallest absolute Gasteiger partial charge is 0.185 e. The van der Waals surface area contributed by atoms with Crippen LogP contribution in [0.15, 0.2) is 52.3 Å². The zero-order valence-corrected chi connectivity index (χ0v) is 10.8. The van der Waals surface area contributed by atoms with Crippen LogP contribution in [0.3, 0.4) is 0 Å². The van der Waals surface area contributed by atoms with Crippen LogP contribution in [0.4, 0.5) is 0 Å². The molecule has 2 aromatic rings. The molecule has 3 heteroatoms. The van der Waals surface area contributed by atoms with Gasteiger partial charge in [-0.05, 0) is 40.2 Å². The Kier molecular flexibility index (Phi) is 3.70. The number of hydrogen-bond donors (Lipinski definition) is 0. The Labute approximate surface area is 107 Å². The molecule has 1 heterocycles. The molecule has 0 fully saturated rings. The van der Waals surface area contributed by atoms with Gasteiger partial charge in [0.15, 0.2) is 5.78 Å². The number of thiophene rings is 1. The lowest BCUT2D eigenvalue weighted by Crippen LogP contribution is -1.92. The maximum atomic E-state index is 11.7. The lowest BCUT2D eigenvalue weighted by molar-refractivity contribution is 0.104. The average molecular weight is 293 g/mol. The van der Waals surface area contributed by atoms with Crippen LogP contribution in [-0.2, 0) is 0 Å². The molecule has 0 aliphatic heterocycles. The fourth-order valence-corrected chi connectivity index (χ4v) is 2.60. The summed E-state index contributed by atoms with van der Waals surface area (Å²) in [5, 5.41) is 0. The number of hydrogen-bond acceptors (Lipinski definition) is 2. The minimum atomic E-state index is 0.0325. The Morgan fingerprint density at radius 3 is 2.50 bits per heavy atom. The summed E-state index contributed by atoms with van der Waals surface area (Å²) in [7, 11) is 0. The summed E-state index contributed by atoms with van der Waals surface area (Å²) in [6, 6.07) is 13.2. The molecule has 0 atom stereocenters. The fraction of sp³-hybridized carbons (Fsp3) is 0. The molecule has 0 aliphatic rings. The van der Waals surface area contributed by atoms with Crippen molar-refractivity contribution in [2.75, 3.05) is 0 Å². The first-order valence-corrected chi connectivity index (χ1v) is 6.39. The molecular formula is C13H9BrOS. The van der Waals surface area contributed by atoms with Crippen molar-refractivity contribution >= 4 is 39.1 Å². The van der Waals surface area contributed by atoms with Gasteiger partial charge in [-0.25, -0.2) is 0 Å². The van der Waals surface area contributed by atoms with Crippen LogP contribution in [-0.4, -0.2) is 5.78 Å². The predicted molar refractivity (Wildman–Crippen MR) is 71.8 cm³/mol. The molecular weight excluding hydrogens is 284 g/mol. The molecule has 0 unspecified atom stereocenters. The van der Waals surface area contributed by atoms with Gasteiger partial charge in [0.05, 0.1) is 3.79 Å². The van der Waals surface area contributed by atoms with Gasteiger partial charge >= 0.3 is 0 Å². The molecule has 0 bridgehead atoms. The monoisotopic (exact) mass is 292 g/mol. The highest BCUT2D eigenvalue weighted by Gasteiger charge is 1.99. The number of allylic oxidation sites excluding steroid dienone is 1. The van der Waals surface area contributed by atoms with E-state index in [4.69, 9.17) is 0 Å². The maximum Gasteiger partial charge on any atom is 0.185 e. The van der Waals surface area contributed by atoms with Gasteiger partial charge < -0.3 is 0 Å². The van der Waals surface area contributed by atoms with E-state index in [9.17, 15) is 4.79 Å². The van der Waals surface area contributed by atoms with Crippen LogP contribution >= 0.6 is 27.3 Å². The fourth-order valence-electron chi connectivity index (χ4n) is 1.27. The third kappa shape index (κ3) is 2.90. The first kappa shape index (κ1) is 11.3. The standard InChI is InChI=1S/C13H9BrOS/c14-13-9-7-11(16-13)6-8-12(15)10-4-2-1-3-5-10/h1-9H. The molecule has 0 N–H and O–H groups in total. The second-order valence-electron chi connectivity index (χ2n) is 3.21. The zero-order chi connectivity index (χ0) is 11.4. The van der Waals surface area contributed by atoms with Gasteiger partial charge in [-0.3, -0.25) is 4.79 Å². The molecule has 0 saturated carbocycles. The number of carbonyl (C=O) groups excluding carboxylic acids is 1. The summed E-state index contributed by atoms with van der Waals surface area (Å²) >= 11 is 4.99. The summed E-state index contributed by atoms with van der Waals surface area (Å²) in [6.45, 7) is 0. The van der Waals surface area contributed by atoms with Crippen LogP contribution in [0, 0.1) is 0 Å². The Balaban J connectivity index is 2.11. The third-order valence-corrected chi connectivity index (χ3v) is 3.64. The van der Waals surface area contributed by atoms with Gasteiger partial charge in [0.25, 0.3) is 0 Å². The van der Waals surface area contributed by atoms with E-state index < -0.39 is 0 Å². The van der Waals surface area contributed by atoms with E-state index in [1.807, 2.05) is 48.5 Å². The zero-order valence-electron chi connectivity index (χ0n) is 8.39. The molecule has 0 aliphatic carbocycles. The SMILES string of the molecule is O=C(C=Cc1ccc(Br)s1)c1ccccc1. The summed E-state index contributed by atoms with van der Waals surface area (Å²) in [5.41, 5.74) is 0.717. The van der Waals surface area contributed by atoms with E-state index in [-0.39, 0.29) is 5.78 Å². The maximum absolute atomic E-state index is 11.7. The lowest BCUT2D eigenvalue weighted by atomic mass is 10.1. The van der Waals surface area contributed by atoms with Gasteiger partial charge in [-0.2, -0.15) is 0 Å². The second-order valence-corrected chi connectivity index (χ2v) is 5.70. The highest BCUT2D eigenvalue weighted by molar-refractivity contribution is 9.11. The molecule has 0 amide bonds. The van der Waals surface area contributed by atoms with Gasteiger partial charge in [0.2, 0.25) is 0 Å². The molecule has 1 aromatic carbocycles. The van der Waals surface area contributed by atoms with Crippen molar-refractivity contribution in [3.05, 3.63) is 62.8 Å². The van der Waals surface area contributed by atoms with Gasteiger partial charge in [-0.1, -0.05) is 30.3 Å². The molecule has 1 nitrogen and oxygen atoms in total. The van der Waals surface area contributed by atoms with Crippen LogP contribution in [0.2, 0.25) is 0 Å². The van der Waals surface area contributed by atoms with E-state index in [0.717, 1.165) is 14.2 Å². The summed E-state index contributed by atoms with van der Waals surface area (Å²) in [6.07, 6.45) is 3.44. The van der Waals surface area contributed by atoms with Crippen molar-refractivity contribution in [3.8, 4) is 0 Å².